The van der Waals surface area contributed by atoms with Crippen molar-refractivity contribution in [1.29, 1.82) is 0 Å². The maximum absolute atomic E-state index is 15.0. The van der Waals surface area contributed by atoms with Gasteiger partial charge in [-0.05, 0) is 70.1 Å². The number of fused-ring (bicyclic) bond motifs is 1. The first kappa shape index (κ1) is 28.9. The van der Waals surface area contributed by atoms with Gasteiger partial charge in [-0.3, -0.25) is 4.98 Å². The molecule has 4 nitrogen and oxygen atoms in total. The summed E-state index contributed by atoms with van der Waals surface area (Å²) in [7, 11) is 0. The Balaban J connectivity index is 1.32. The minimum Gasteiger partial charge on any atom is -0.507 e. The summed E-state index contributed by atoms with van der Waals surface area (Å²) in [5.41, 5.74) is 8.47. The zero-order chi connectivity index (χ0) is 33.6. The van der Waals surface area contributed by atoms with Gasteiger partial charge in [-0.2, -0.15) is 0 Å². The first-order chi connectivity index (χ1) is 23.0. The molecular weight excluding hydrogens is 583 g/mol. The lowest BCUT2D eigenvalue weighted by atomic mass is 9.78. The Morgan fingerprint density at radius 1 is 0.723 bits per heavy atom. The van der Waals surface area contributed by atoms with Crippen LogP contribution in [0.2, 0.25) is 0 Å². The highest BCUT2D eigenvalue weighted by Gasteiger charge is 2.25. The molecule has 0 spiro atoms. The summed E-state index contributed by atoms with van der Waals surface area (Å²) in [6, 6.07) is 38.6. The number of halogens is 1. The molecular formula is C42H35FN2O2. The Morgan fingerprint density at radius 2 is 1.45 bits per heavy atom. The fourth-order valence-electron chi connectivity index (χ4n) is 6.07. The molecule has 0 fully saturated rings. The van der Waals surface area contributed by atoms with Gasteiger partial charge in [0.25, 0.3) is 0 Å². The minimum atomic E-state index is -0.920. The summed E-state index contributed by atoms with van der Waals surface area (Å²) < 4.78 is 30.1. The molecule has 0 aliphatic heterocycles. The average molecular weight is 620 g/mol. The number of para-hydroxylation sites is 1. The van der Waals surface area contributed by atoms with E-state index in [4.69, 9.17) is 10.8 Å². The second-order valence-electron chi connectivity index (χ2n) is 12.6. The molecule has 0 amide bonds. The molecule has 7 aromatic rings. The van der Waals surface area contributed by atoms with E-state index in [1.807, 2.05) is 111 Å². The van der Waals surface area contributed by atoms with Crippen LogP contribution in [0.15, 0.2) is 132 Å². The number of phenolic OH excluding ortho intramolecular Hbond substituents is 1. The van der Waals surface area contributed by atoms with Crippen molar-refractivity contribution < 1.29 is 15.3 Å². The first-order valence-electron chi connectivity index (χ1n) is 16.2. The largest absolute Gasteiger partial charge is 0.507 e. The molecule has 0 unspecified atom stereocenters. The molecule has 47 heavy (non-hydrogen) atoms. The Morgan fingerprint density at radius 3 is 2.17 bits per heavy atom. The monoisotopic (exact) mass is 619 g/mol. The predicted octanol–water partition coefficient (Wildman–Crippen LogP) is 11.2. The predicted molar refractivity (Wildman–Crippen MR) is 188 cm³/mol. The lowest BCUT2D eigenvalue weighted by Gasteiger charge is -2.26. The molecule has 0 bridgehead atoms. The van der Waals surface area contributed by atoms with Crippen LogP contribution < -0.4 is 0 Å². The van der Waals surface area contributed by atoms with Gasteiger partial charge in [0.05, 0.1) is 17.5 Å². The summed E-state index contributed by atoms with van der Waals surface area (Å²) in [5.74, 6) is -0.927. The van der Waals surface area contributed by atoms with Gasteiger partial charge in [-0.25, -0.2) is 9.37 Å². The summed E-state index contributed by atoms with van der Waals surface area (Å²) in [6.45, 7) is 7.94. The third kappa shape index (κ3) is 5.70. The molecule has 2 heterocycles. The third-order valence-corrected chi connectivity index (χ3v) is 8.92. The number of aromatic hydroxyl groups is 1. The van der Waals surface area contributed by atoms with Crippen LogP contribution in [0.5, 0.6) is 5.75 Å². The highest BCUT2D eigenvalue weighted by Crippen LogP contribution is 2.40. The van der Waals surface area contributed by atoms with Crippen LogP contribution in [-0.2, 0) is 5.41 Å². The van der Waals surface area contributed by atoms with Gasteiger partial charge in [0.1, 0.15) is 17.1 Å². The van der Waals surface area contributed by atoms with Crippen molar-refractivity contribution in [1.82, 2.24) is 9.97 Å². The van der Waals surface area contributed by atoms with Crippen LogP contribution in [0.1, 0.15) is 51.7 Å². The van der Waals surface area contributed by atoms with E-state index in [0.29, 0.717) is 33.8 Å². The molecule has 7 rings (SSSR count). The van der Waals surface area contributed by atoms with Crippen LogP contribution in [-0.4, -0.2) is 15.1 Å². The maximum atomic E-state index is 15.0. The number of hydrogen-bond donors (Lipinski definition) is 1. The Labute approximate surface area is 275 Å². The lowest BCUT2D eigenvalue weighted by molar-refractivity contribution is 0.471. The van der Waals surface area contributed by atoms with Gasteiger partial charge >= 0.3 is 0 Å². The average Bonchev–Trinajstić information content (AvgIpc) is 3.53. The normalized spacial score (nSPS) is 12.3. The van der Waals surface area contributed by atoms with Crippen molar-refractivity contribution in [2.24, 2.45) is 0 Å². The molecule has 0 aliphatic carbocycles. The van der Waals surface area contributed by atoms with Crippen LogP contribution in [0.3, 0.4) is 0 Å². The Kier molecular flexibility index (Phi) is 7.37. The second-order valence-corrected chi connectivity index (χ2v) is 12.6. The summed E-state index contributed by atoms with van der Waals surface area (Å²) >= 11 is 0. The van der Waals surface area contributed by atoms with Gasteiger partial charge in [0.2, 0.25) is 5.89 Å². The van der Waals surface area contributed by atoms with Gasteiger partial charge < -0.3 is 9.52 Å². The number of oxazole rings is 1. The van der Waals surface area contributed by atoms with Crippen molar-refractivity contribution in [2.45, 2.75) is 39.0 Å². The number of rotatable bonds is 7. The molecule has 0 atom stereocenters. The Hall–Kier alpha value is -5.55. The highest BCUT2D eigenvalue weighted by atomic mass is 19.1. The fraction of sp³-hybridized carbons (Fsp3) is 0.143. The molecule has 0 aliphatic rings. The number of nitrogens with zero attached hydrogens (tertiary/aromatic N) is 2. The number of phenols is 1. The SMILES string of the molecule is [2H]C(C)(C)c1cc(-c2cc(-c3ccccc3)c(F)cn2)cc(-c2cccc3oc(-c4ccc(C(C)(C)c5ccccc5)cc4O)nc23)c1. The summed E-state index contributed by atoms with van der Waals surface area (Å²) in [6.07, 6.45) is 1.25. The van der Waals surface area contributed by atoms with Gasteiger partial charge in [0, 0.05) is 23.5 Å². The topological polar surface area (TPSA) is 59.2 Å². The van der Waals surface area contributed by atoms with Crippen molar-refractivity contribution in [3.05, 3.63) is 150 Å². The summed E-state index contributed by atoms with van der Waals surface area (Å²) in [5, 5.41) is 11.2. The molecule has 5 heteroatoms. The molecule has 5 aromatic carbocycles. The number of aromatic nitrogens is 2. The van der Waals surface area contributed by atoms with E-state index >= 15 is 0 Å². The van der Waals surface area contributed by atoms with E-state index in [1.165, 1.54) is 6.20 Å². The molecule has 232 valence electrons. The zero-order valence-corrected chi connectivity index (χ0v) is 26.8. The quantitative estimate of drug-likeness (QED) is 0.193. The van der Waals surface area contributed by atoms with Gasteiger partial charge in [-0.1, -0.05) is 113 Å². The van der Waals surface area contributed by atoms with Crippen molar-refractivity contribution in [3.8, 4) is 50.7 Å². The smallest absolute Gasteiger partial charge is 0.231 e. The molecule has 0 saturated carbocycles. The van der Waals surface area contributed by atoms with E-state index < -0.39 is 11.7 Å². The van der Waals surface area contributed by atoms with Crippen LogP contribution >= 0.6 is 0 Å². The standard InChI is InChI=1S/C42H35FN2O2/c1-26(2)28-20-29(22-30(21-28)37-24-35(36(43)25-44-37)27-12-7-5-8-13-27)33-16-11-17-39-40(33)45-41(47-39)34-19-18-32(23-38(34)46)42(3,4)31-14-9-6-10-15-31/h5-26,46H,1-4H3/i26D. The number of pyridine rings is 1. The van der Waals surface area contributed by atoms with Gasteiger partial charge in [0.15, 0.2) is 5.58 Å². The molecule has 2 aromatic heterocycles. The number of benzene rings is 5. The van der Waals surface area contributed by atoms with Crippen molar-refractivity contribution in [2.75, 3.05) is 0 Å². The van der Waals surface area contributed by atoms with E-state index in [9.17, 15) is 9.50 Å². The Bertz CT molecular complexity index is 2270. The minimum absolute atomic E-state index is 0.0847. The highest BCUT2D eigenvalue weighted by molar-refractivity contribution is 5.93. The molecule has 1 N–H and O–H groups in total. The second kappa shape index (κ2) is 12.0. The molecule has 0 saturated heterocycles. The van der Waals surface area contributed by atoms with E-state index in [-0.39, 0.29) is 11.2 Å². The lowest BCUT2D eigenvalue weighted by Crippen LogP contribution is -2.18. The maximum Gasteiger partial charge on any atom is 0.231 e. The van der Waals surface area contributed by atoms with Crippen molar-refractivity contribution in [3.63, 3.8) is 0 Å². The van der Waals surface area contributed by atoms with Crippen LogP contribution in [0.25, 0.3) is 56.1 Å². The zero-order valence-electron chi connectivity index (χ0n) is 27.8. The molecule has 0 radical (unpaired) electrons. The van der Waals surface area contributed by atoms with Crippen LogP contribution in [0.4, 0.5) is 4.39 Å². The fourth-order valence-corrected chi connectivity index (χ4v) is 6.07. The number of hydrogen-bond acceptors (Lipinski definition) is 4. The van der Waals surface area contributed by atoms with Gasteiger partial charge in [-0.15, -0.1) is 0 Å². The van der Waals surface area contributed by atoms with Crippen LogP contribution in [0, 0.1) is 5.82 Å². The van der Waals surface area contributed by atoms with E-state index in [0.717, 1.165) is 38.9 Å². The summed E-state index contributed by atoms with van der Waals surface area (Å²) in [4.78, 5) is 9.34. The van der Waals surface area contributed by atoms with E-state index in [2.05, 4.69) is 31.0 Å². The van der Waals surface area contributed by atoms with Crippen molar-refractivity contribution >= 4 is 11.1 Å². The third-order valence-electron chi connectivity index (χ3n) is 8.92. The first-order valence-corrected chi connectivity index (χ1v) is 15.7. The van der Waals surface area contributed by atoms with E-state index in [1.54, 1.807) is 12.1 Å².